The molecule has 2 aliphatic rings. The Balaban J connectivity index is 1.86. The predicted octanol–water partition coefficient (Wildman–Crippen LogP) is 2.48. The lowest BCUT2D eigenvalue weighted by Gasteiger charge is -2.28. The molecule has 1 aromatic rings. The summed E-state index contributed by atoms with van der Waals surface area (Å²) >= 11 is 0. The molecule has 4 nitrogen and oxygen atoms in total. The summed E-state index contributed by atoms with van der Waals surface area (Å²) in [6, 6.07) is 3.75. The van der Waals surface area contributed by atoms with E-state index in [0.29, 0.717) is 24.1 Å². The van der Waals surface area contributed by atoms with Gasteiger partial charge in [0.2, 0.25) is 0 Å². The van der Waals surface area contributed by atoms with Crippen molar-refractivity contribution >= 4 is 11.4 Å². The fourth-order valence-corrected chi connectivity index (χ4v) is 3.52. The van der Waals surface area contributed by atoms with Gasteiger partial charge in [-0.2, -0.15) is 0 Å². The summed E-state index contributed by atoms with van der Waals surface area (Å²) in [6.07, 6.45) is 3.65. The Morgan fingerprint density at radius 3 is 2.90 bits per heavy atom. The van der Waals surface area contributed by atoms with Gasteiger partial charge in [0.15, 0.2) is 11.6 Å². The van der Waals surface area contributed by atoms with E-state index >= 15 is 0 Å². The first-order valence-corrected chi connectivity index (χ1v) is 7.90. The summed E-state index contributed by atoms with van der Waals surface area (Å²) in [5.41, 5.74) is 7.47. The molecule has 1 unspecified atom stereocenters. The third kappa shape index (κ3) is 2.93. The van der Waals surface area contributed by atoms with Crippen molar-refractivity contribution in [1.29, 1.82) is 0 Å². The molecule has 21 heavy (non-hydrogen) atoms. The van der Waals surface area contributed by atoms with Gasteiger partial charge in [-0.15, -0.1) is 0 Å². The molecule has 5 heteroatoms. The summed E-state index contributed by atoms with van der Waals surface area (Å²) in [7, 11) is 0. The zero-order chi connectivity index (χ0) is 14.8. The monoisotopic (exact) mass is 293 g/mol. The molecule has 0 aromatic heterocycles. The van der Waals surface area contributed by atoms with Crippen LogP contribution in [0.3, 0.4) is 0 Å². The Hall–Kier alpha value is -1.49. The molecule has 2 N–H and O–H groups in total. The van der Waals surface area contributed by atoms with Crippen LogP contribution in [0, 0.1) is 5.82 Å². The Bertz CT molecular complexity index is 509. The molecule has 2 fully saturated rings. The van der Waals surface area contributed by atoms with E-state index in [9.17, 15) is 4.39 Å². The van der Waals surface area contributed by atoms with E-state index in [0.717, 1.165) is 31.7 Å². The molecule has 1 atom stereocenters. The van der Waals surface area contributed by atoms with Gasteiger partial charge in [0.05, 0.1) is 18.0 Å². The highest BCUT2D eigenvalue weighted by atomic mass is 19.1. The van der Waals surface area contributed by atoms with Crippen LogP contribution >= 0.6 is 0 Å². The zero-order valence-corrected chi connectivity index (χ0v) is 12.6. The van der Waals surface area contributed by atoms with Crippen LogP contribution in [0.15, 0.2) is 12.1 Å². The molecule has 2 heterocycles. The van der Waals surface area contributed by atoms with E-state index in [4.69, 9.17) is 10.5 Å². The molecule has 0 radical (unpaired) electrons. The van der Waals surface area contributed by atoms with E-state index in [2.05, 4.69) is 9.80 Å². The summed E-state index contributed by atoms with van der Waals surface area (Å²) < 4.78 is 19.2. The first kappa shape index (κ1) is 14.4. The second kappa shape index (κ2) is 6.10. The van der Waals surface area contributed by atoms with Crippen LogP contribution < -0.4 is 15.4 Å². The van der Waals surface area contributed by atoms with Gasteiger partial charge >= 0.3 is 0 Å². The largest absolute Gasteiger partial charge is 0.491 e. The lowest BCUT2D eigenvalue weighted by molar-refractivity contribution is 0.273. The summed E-state index contributed by atoms with van der Waals surface area (Å²) in [5, 5.41) is 0. The number of fused-ring (bicyclic) bond motifs is 1. The zero-order valence-electron chi connectivity index (χ0n) is 12.6. The molecular formula is C16H24FN3O. The highest BCUT2D eigenvalue weighted by Gasteiger charge is 2.29. The van der Waals surface area contributed by atoms with Crippen LogP contribution in [-0.2, 0) is 0 Å². The molecule has 116 valence electrons. The average molecular weight is 293 g/mol. The second-order valence-electron chi connectivity index (χ2n) is 5.91. The molecule has 0 saturated carbocycles. The fourth-order valence-electron chi connectivity index (χ4n) is 3.52. The number of nitrogens with zero attached hydrogens (tertiary/aromatic N) is 2. The normalized spacial score (nSPS) is 23.0. The Kier molecular flexibility index (Phi) is 4.19. The van der Waals surface area contributed by atoms with Gasteiger partial charge in [0.1, 0.15) is 0 Å². The molecule has 0 bridgehead atoms. The first-order valence-electron chi connectivity index (χ1n) is 7.90. The van der Waals surface area contributed by atoms with Gasteiger partial charge in [0, 0.05) is 37.8 Å². The molecule has 2 aliphatic heterocycles. The van der Waals surface area contributed by atoms with Gasteiger partial charge in [-0.3, -0.25) is 4.90 Å². The number of halogens is 1. The fraction of sp³-hybridized carbons (Fsp3) is 0.625. The van der Waals surface area contributed by atoms with Crippen LogP contribution in [0.25, 0.3) is 0 Å². The number of hydrogen-bond acceptors (Lipinski definition) is 4. The molecule has 3 rings (SSSR count). The lowest BCUT2D eigenvalue weighted by Crippen LogP contribution is -2.36. The molecule has 0 amide bonds. The van der Waals surface area contributed by atoms with Crippen molar-refractivity contribution < 1.29 is 9.13 Å². The summed E-state index contributed by atoms with van der Waals surface area (Å²) in [6.45, 7) is 6.62. The predicted molar refractivity (Wildman–Crippen MR) is 83.4 cm³/mol. The van der Waals surface area contributed by atoms with Crippen molar-refractivity contribution in [3.8, 4) is 5.75 Å². The smallest absolute Gasteiger partial charge is 0.167 e. The maximum atomic E-state index is 13.8. The number of benzene rings is 1. The van der Waals surface area contributed by atoms with E-state index in [1.165, 1.54) is 25.5 Å². The Morgan fingerprint density at radius 1 is 1.29 bits per heavy atom. The number of rotatable bonds is 3. The lowest BCUT2D eigenvalue weighted by atomic mass is 10.1. The minimum Gasteiger partial charge on any atom is -0.491 e. The van der Waals surface area contributed by atoms with Gasteiger partial charge in [0.25, 0.3) is 0 Å². The van der Waals surface area contributed by atoms with E-state index in [-0.39, 0.29) is 5.82 Å². The van der Waals surface area contributed by atoms with Crippen molar-refractivity contribution in [1.82, 2.24) is 4.90 Å². The topological polar surface area (TPSA) is 41.7 Å². The molecule has 1 aromatic carbocycles. The van der Waals surface area contributed by atoms with Crippen molar-refractivity contribution in [2.24, 2.45) is 0 Å². The van der Waals surface area contributed by atoms with Crippen molar-refractivity contribution in [2.75, 3.05) is 43.4 Å². The number of ether oxygens (including phenoxy) is 1. The number of nitrogen functional groups attached to an aromatic ring is 1. The third-order valence-corrected chi connectivity index (χ3v) is 4.53. The maximum absolute atomic E-state index is 13.8. The van der Waals surface area contributed by atoms with Crippen LogP contribution in [0.5, 0.6) is 5.75 Å². The minimum absolute atomic E-state index is 0.300. The van der Waals surface area contributed by atoms with Gasteiger partial charge < -0.3 is 15.4 Å². The standard InChI is InChI=1S/C16H24FN3O/c1-2-21-16-10-15(14(18)9-13(16)17)20-8-4-7-19-6-3-5-12(19)11-20/h9-10,12H,2-8,11,18H2,1H3. The van der Waals surface area contributed by atoms with E-state index in [1.807, 2.05) is 6.92 Å². The van der Waals surface area contributed by atoms with Crippen molar-refractivity contribution in [3.05, 3.63) is 17.9 Å². The van der Waals surface area contributed by atoms with Gasteiger partial charge in [-0.25, -0.2) is 4.39 Å². The highest BCUT2D eigenvalue weighted by Crippen LogP contribution is 2.33. The number of nitrogens with two attached hydrogens (primary N) is 1. The van der Waals surface area contributed by atoms with E-state index < -0.39 is 0 Å². The SMILES string of the molecule is CCOc1cc(N2CCCN3CCCC3C2)c(N)cc1F. The quantitative estimate of drug-likeness (QED) is 0.869. The first-order chi connectivity index (χ1) is 10.2. The number of anilines is 2. The second-order valence-corrected chi connectivity index (χ2v) is 5.91. The van der Waals surface area contributed by atoms with Crippen LogP contribution in [0.4, 0.5) is 15.8 Å². The highest BCUT2D eigenvalue weighted by molar-refractivity contribution is 5.70. The summed E-state index contributed by atoms with van der Waals surface area (Å²) in [4.78, 5) is 4.87. The molecule has 2 saturated heterocycles. The van der Waals surface area contributed by atoms with Crippen LogP contribution in [0.2, 0.25) is 0 Å². The van der Waals surface area contributed by atoms with Crippen molar-refractivity contribution in [3.63, 3.8) is 0 Å². The average Bonchev–Trinajstić information content (AvgIpc) is 2.79. The van der Waals surface area contributed by atoms with Crippen LogP contribution in [0.1, 0.15) is 26.2 Å². The van der Waals surface area contributed by atoms with Crippen LogP contribution in [-0.4, -0.2) is 43.7 Å². The van der Waals surface area contributed by atoms with Crippen molar-refractivity contribution in [2.45, 2.75) is 32.2 Å². The minimum atomic E-state index is -0.379. The summed E-state index contributed by atoms with van der Waals surface area (Å²) in [5.74, 6) is -0.0790. The van der Waals surface area contributed by atoms with Gasteiger partial charge in [-0.1, -0.05) is 0 Å². The molecule has 0 spiro atoms. The van der Waals surface area contributed by atoms with E-state index in [1.54, 1.807) is 6.07 Å². The molecule has 0 aliphatic carbocycles. The number of hydrogen-bond donors (Lipinski definition) is 1. The Labute approximate surface area is 125 Å². The maximum Gasteiger partial charge on any atom is 0.167 e. The Morgan fingerprint density at radius 2 is 2.10 bits per heavy atom. The van der Waals surface area contributed by atoms with Gasteiger partial charge in [-0.05, 0) is 32.7 Å². The third-order valence-electron chi connectivity index (χ3n) is 4.53. The molecular weight excluding hydrogens is 269 g/mol.